The lowest BCUT2D eigenvalue weighted by Gasteiger charge is -2.39. The van der Waals surface area contributed by atoms with E-state index in [4.69, 9.17) is 9.47 Å². The number of esters is 1. The molecule has 0 radical (unpaired) electrons. The number of nitrogens with one attached hydrogen (secondary N) is 1. The third-order valence-corrected chi connectivity index (χ3v) is 10.0. The van der Waals surface area contributed by atoms with Crippen molar-refractivity contribution in [3.63, 3.8) is 0 Å². The van der Waals surface area contributed by atoms with E-state index in [9.17, 15) is 24.3 Å². The Morgan fingerprint density at radius 1 is 0.979 bits per heavy atom. The maximum atomic E-state index is 14.8. The summed E-state index contributed by atoms with van der Waals surface area (Å²) in [7, 11) is 0. The van der Waals surface area contributed by atoms with Gasteiger partial charge in [-0.1, -0.05) is 105 Å². The molecule has 4 aliphatic rings. The molecule has 6 rings (SSSR count). The van der Waals surface area contributed by atoms with Crippen molar-refractivity contribution in [2.45, 2.75) is 75.3 Å². The fraction of sp³-hybridized carbons (Fsp3) is 0.474. The Bertz CT molecular complexity index is 1530. The molecule has 3 amide bonds. The highest BCUT2D eigenvalue weighted by Gasteiger charge is 2.74. The number of allylic oxidation sites excluding steroid dienone is 1. The SMILES string of the molecule is CCCCCN1C/C=C\CCC(=O)NC[C@H](c2ccccc2)OC(=O)[C@@H]2[C@H]3C(=O)N([C@@H](CO)Cc4ccccc4)[C@H](C1=O)[C@]31C=C[C@H]2O1. The molecule has 4 heterocycles. The first kappa shape index (κ1) is 33.6. The Hall–Kier alpha value is -4.28. The Morgan fingerprint density at radius 3 is 2.46 bits per heavy atom. The second-order valence-electron chi connectivity index (χ2n) is 13.1. The third-order valence-electron chi connectivity index (χ3n) is 10.0. The largest absolute Gasteiger partial charge is 0.455 e. The average molecular weight is 656 g/mol. The summed E-state index contributed by atoms with van der Waals surface area (Å²) in [6.45, 7) is 2.55. The van der Waals surface area contributed by atoms with Gasteiger partial charge in [0.05, 0.1) is 31.2 Å². The summed E-state index contributed by atoms with van der Waals surface area (Å²) in [5.74, 6) is -3.54. The first-order valence-electron chi connectivity index (χ1n) is 17.2. The van der Waals surface area contributed by atoms with Crippen molar-refractivity contribution in [1.29, 1.82) is 0 Å². The Morgan fingerprint density at radius 2 is 1.73 bits per heavy atom. The molecule has 0 aliphatic carbocycles. The number of likely N-dealkylation sites (tertiary alicyclic amines) is 1. The smallest absolute Gasteiger partial charge is 0.313 e. The summed E-state index contributed by atoms with van der Waals surface area (Å²) in [5.41, 5.74) is 0.215. The van der Waals surface area contributed by atoms with Gasteiger partial charge >= 0.3 is 5.97 Å². The lowest BCUT2D eigenvalue weighted by molar-refractivity contribution is -0.160. The highest BCUT2D eigenvalue weighted by atomic mass is 16.6. The van der Waals surface area contributed by atoms with Crippen LogP contribution in [0, 0.1) is 11.8 Å². The average Bonchev–Trinajstić information content (AvgIpc) is 3.75. The zero-order valence-electron chi connectivity index (χ0n) is 27.4. The first-order chi connectivity index (χ1) is 23.4. The van der Waals surface area contributed by atoms with Crippen molar-refractivity contribution in [2.75, 3.05) is 26.2 Å². The van der Waals surface area contributed by atoms with Gasteiger partial charge in [0.25, 0.3) is 0 Å². The molecule has 48 heavy (non-hydrogen) atoms. The highest BCUT2D eigenvalue weighted by Crippen LogP contribution is 2.56. The molecular weight excluding hydrogens is 610 g/mol. The number of rotatable bonds is 9. The van der Waals surface area contributed by atoms with Crippen LogP contribution in [-0.2, 0) is 35.1 Å². The summed E-state index contributed by atoms with van der Waals surface area (Å²) < 4.78 is 12.7. The van der Waals surface area contributed by atoms with Crippen LogP contribution in [0.3, 0.4) is 0 Å². The van der Waals surface area contributed by atoms with E-state index in [0.717, 1.165) is 24.8 Å². The molecule has 0 aromatic heterocycles. The molecule has 10 heteroatoms. The fourth-order valence-electron chi connectivity index (χ4n) is 7.65. The van der Waals surface area contributed by atoms with Crippen LogP contribution in [0.1, 0.15) is 56.3 Å². The Balaban J connectivity index is 1.42. The van der Waals surface area contributed by atoms with Gasteiger partial charge in [0.1, 0.15) is 23.7 Å². The molecular formula is C38H45N3O7. The molecule has 2 N–H and O–H groups in total. The minimum absolute atomic E-state index is 0.0677. The summed E-state index contributed by atoms with van der Waals surface area (Å²) in [6.07, 6.45) is 9.49. The molecule has 2 saturated heterocycles. The molecule has 2 aromatic rings. The predicted octanol–water partition coefficient (Wildman–Crippen LogP) is 3.51. The lowest BCUT2D eigenvalue weighted by atomic mass is 9.74. The number of hydrogen-bond acceptors (Lipinski definition) is 7. The second kappa shape index (κ2) is 14.9. The molecule has 10 nitrogen and oxygen atoms in total. The summed E-state index contributed by atoms with van der Waals surface area (Å²) in [5, 5.41) is 13.7. The summed E-state index contributed by atoms with van der Waals surface area (Å²) >= 11 is 0. The summed E-state index contributed by atoms with van der Waals surface area (Å²) in [6, 6.07) is 16.9. The van der Waals surface area contributed by atoms with E-state index in [1.54, 1.807) is 17.1 Å². The van der Waals surface area contributed by atoms with Gasteiger partial charge < -0.3 is 29.7 Å². The standard InChI is InChI=1S/C38H45N3O7/c1-2-3-12-21-40-22-13-6-11-18-31(43)39-24-30(27-16-9-5-10-17-27)47-37(46)32-29-19-20-38(48-29)33(32)35(44)41(34(38)36(40)45)28(25-42)23-26-14-7-4-8-15-26/h4-10,13-17,19-20,28-30,32-34,42H,2-3,11-12,18,21-25H2,1H3,(H,39,43)/b13-6-/t28-,29-,30-,32+,33+,34-,38+/m1/s1. The molecule has 5 bridgehead atoms. The number of amides is 3. The number of cyclic esters (lactones) is 1. The van der Waals surface area contributed by atoms with Crippen molar-refractivity contribution in [2.24, 2.45) is 11.8 Å². The van der Waals surface area contributed by atoms with E-state index in [-0.39, 0.29) is 31.4 Å². The molecule has 2 fully saturated rings. The zero-order chi connectivity index (χ0) is 33.7. The Labute approximate surface area is 281 Å². The molecule has 2 aromatic carbocycles. The summed E-state index contributed by atoms with van der Waals surface area (Å²) in [4.78, 5) is 59.8. The number of carbonyl (C=O) groups is 4. The van der Waals surface area contributed by atoms with E-state index >= 15 is 0 Å². The van der Waals surface area contributed by atoms with Crippen molar-refractivity contribution < 1.29 is 33.8 Å². The molecule has 4 aliphatic heterocycles. The number of carbonyl (C=O) groups excluding carboxylic acids is 4. The van der Waals surface area contributed by atoms with Gasteiger partial charge in [-0.25, -0.2) is 0 Å². The van der Waals surface area contributed by atoms with Crippen molar-refractivity contribution >= 4 is 23.7 Å². The molecule has 0 saturated carbocycles. The minimum atomic E-state index is -1.40. The van der Waals surface area contributed by atoms with E-state index in [2.05, 4.69) is 12.2 Å². The van der Waals surface area contributed by atoms with Crippen LogP contribution in [0.4, 0.5) is 0 Å². The molecule has 1 spiro atoms. The maximum absolute atomic E-state index is 14.8. The zero-order valence-corrected chi connectivity index (χ0v) is 27.4. The molecule has 0 unspecified atom stereocenters. The van der Waals surface area contributed by atoms with Crippen LogP contribution in [0.15, 0.2) is 85.0 Å². The first-order valence-corrected chi connectivity index (χ1v) is 17.2. The Kier molecular flexibility index (Phi) is 10.4. The quantitative estimate of drug-likeness (QED) is 0.241. The van der Waals surface area contributed by atoms with E-state index in [0.29, 0.717) is 31.5 Å². The monoisotopic (exact) mass is 655 g/mol. The fourth-order valence-corrected chi connectivity index (χ4v) is 7.65. The number of aliphatic hydroxyl groups is 1. The molecule has 7 atom stereocenters. The topological polar surface area (TPSA) is 125 Å². The minimum Gasteiger partial charge on any atom is -0.455 e. The maximum Gasteiger partial charge on any atom is 0.313 e. The van der Waals surface area contributed by atoms with Gasteiger partial charge in [-0.15, -0.1) is 0 Å². The van der Waals surface area contributed by atoms with Crippen LogP contribution in [-0.4, -0.2) is 88.6 Å². The van der Waals surface area contributed by atoms with Crippen LogP contribution >= 0.6 is 0 Å². The number of ether oxygens (including phenoxy) is 2. The normalized spacial score (nSPS) is 30.2. The van der Waals surface area contributed by atoms with Gasteiger partial charge in [-0.3, -0.25) is 19.2 Å². The van der Waals surface area contributed by atoms with Crippen molar-refractivity contribution in [3.8, 4) is 0 Å². The van der Waals surface area contributed by atoms with Crippen molar-refractivity contribution in [3.05, 3.63) is 96.1 Å². The van der Waals surface area contributed by atoms with Gasteiger partial charge in [0, 0.05) is 19.5 Å². The van der Waals surface area contributed by atoms with Crippen LogP contribution in [0.5, 0.6) is 0 Å². The number of hydrogen-bond donors (Lipinski definition) is 2. The number of unbranched alkanes of at least 4 members (excludes halogenated alkanes) is 2. The van der Waals surface area contributed by atoms with Crippen molar-refractivity contribution in [1.82, 2.24) is 15.1 Å². The predicted molar refractivity (Wildman–Crippen MR) is 178 cm³/mol. The third kappa shape index (κ3) is 6.56. The van der Waals surface area contributed by atoms with Crippen LogP contribution in [0.25, 0.3) is 0 Å². The van der Waals surface area contributed by atoms with E-state index < -0.39 is 53.6 Å². The molecule has 254 valence electrons. The lowest BCUT2D eigenvalue weighted by Crippen LogP contribution is -2.59. The highest BCUT2D eigenvalue weighted by molar-refractivity contribution is 5.99. The number of nitrogens with zero attached hydrogens (tertiary/aromatic N) is 2. The number of benzene rings is 2. The second-order valence-corrected chi connectivity index (χ2v) is 13.1. The van der Waals surface area contributed by atoms with E-state index in [1.807, 2.05) is 72.8 Å². The van der Waals surface area contributed by atoms with Gasteiger partial charge in [0.2, 0.25) is 17.7 Å². The van der Waals surface area contributed by atoms with Gasteiger partial charge in [-0.2, -0.15) is 0 Å². The van der Waals surface area contributed by atoms with Gasteiger partial charge in [0.15, 0.2) is 0 Å². The van der Waals surface area contributed by atoms with Gasteiger partial charge in [-0.05, 0) is 30.4 Å². The van der Waals surface area contributed by atoms with Crippen LogP contribution < -0.4 is 5.32 Å². The van der Waals surface area contributed by atoms with E-state index in [1.165, 1.54) is 4.90 Å². The number of fused-ring (bicyclic) bond motifs is 2. The number of aliphatic hydroxyl groups excluding tert-OH is 1. The van der Waals surface area contributed by atoms with Crippen LogP contribution in [0.2, 0.25) is 0 Å².